The lowest BCUT2D eigenvalue weighted by Gasteiger charge is -2.33. The van der Waals surface area contributed by atoms with E-state index in [2.05, 4.69) is 26.7 Å². The van der Waals surface area contributed by atoms with Gasteiger partial charge in [0.15, 0.2) is 0 Å². The molecule has 1 atom stereocenters. The summed E-state index contributed by atoms with van der Waals surface area (Å²) in [5.74, 6) is 1.28. The second-order valence-corrected chi connectivity index (χ2v) is 7.06. The van der Waals surface area contributed by atoms with Gasteiger partial charge in [0.1, 0.15) is 0 Å². The maximum atomic E-state index is 13.1. The van der Waals surface area contributed by atoms with Crippen molar-refractivity contribution in [2.45, 2.75) is 31.2 Å². The van der Waals surface area contributed by atoms with E-state index in [4.69, 9.17) is 0 Å². The Bertz CT molecular complexity index is 737. The van der Waals surface area contributed by atoms with Crippen LogP contribution in [0, 0.1) is 0 Å². The van der Waals surface area contributed by atoms with Crippen molar-refractivity contribution in [3.05, 3.63) is 53.9 Å². The first kappa shape index (κ1) is 17.0. The molecule has 2 aromatic rings. The van der Waals surface area contributed by atoms with Gasteiger partial charge >= 0.3 is 0 Å². The highest BCUT2D eigenvalue weighted by Gasteiger charge is 2.27. The lowest BCUT2D eigenvalue weighted by molar-refractivity contribution is 0.0717. The summed E-state index contributed by atoms with van der Waals surface area (Å²) < 4.78 is 0. The van der Waals surface area contributed by atoms with Crippen LogP contribution >= 0.6 is 0 Å². The second-order valence-electron chi connectivity index (χ2n) is 7.06. The Labute approximate surface area is 154 Å². The first-order valence-electron chi connectivity index (χ1n) is 9.44. The van der Waals surface area contributed by atoms with Gasteiger partial charge in [-0.3, -0.25) is 4.79 Å². The fourth-order valence-corrected chi connectivity index (χ4v) is 3.92. The van der Waals surface area contributed by atoms with E-state index in [1.807, 2.05) is 29.2 Å². The van der Waals surface area contributed by atoms with Crippen molar-refractivity contribution in [3.63, 3.8) is 0 Å². The van der Waals surface area contributed by atoms with E-state index in [1.54, 1.807) is 12.4 Å². The zero-order chi connectivity index (χ0) is 17.8. The number of carbonyl (C=O) groups excluding carboxylic acids is 1. The summed E-state index contributed by atoms with van der Waals surface area (Å²) >= 11 is 0. The number of hydrogen-bond acceptors (Lipinski definition) is 5. The van der Waals surface area contributed by atoms with Crippen molar-refractivity contribution in [2.24, 2.45) is 0 Å². The molecule has 0 aliphatic carbocycles. The van der Waals surface area contributed by atoms with Crippen molar-refractivity contribution in [1.82, 2.24) is 20.2 Å². The summed E-state index contributed by atoms with van der Waals surface area (Å²) in [5, 5.41) is 6.77. The van der Waals surface area contributed by atoms with E-state index >= 15 is 0 Å². The van der Waals surface area contributed by atoms with E-state index in [0.29, 0.717) is 17.9 Å². The molecule has 2 aliphatic rings. The summed E-state index contributed by atoms with van der Waals surface area (Å²) in [4.78, 5) is 23.5. The Morgan fingerprint density at radius 1 is 1.08 bits per heavy atom. The van der Waals surface area contributed by atoms with Gasteiger partial charge in [-0.15, -0.1) is 0 Å². The third-order valence-corrected chi connectivity index (χ3v) is 5.37. The molecule has 6 nitrogen and oxygen atoms in total. The molecule has 4 rings (SSSR count). The molecule has 0 unspecified atom stereocenters. The molecule has 2 saturated heterocycles. The van der Waals surface area contributed by atoms with E-state index in [-0.39, 0.29) is 5.91 Å². The monoisotopic (exact) mass is 351 g/mol. The Morgan fingerprint density at radius 2 is 1.85 bits per heavy atom. The number of aromatic nitrogens is 2. The average Bonchev–Trinajstić information content (AvgIpc) is 3.24. The number of likely N-dealkylation sites (tertiary alicyclic amines) is 1. The third-order valence-electron chi connectivity index (χ3n) is 5.37. The molecule has 0 spiro atoms. The Balaban J connectivity index is 1.39. The lowest BCUT2D eigenvalue weighted by Crippen LogP contribution is -2.43. The number of benzene rings is 1. The van der Waals surface area contributed by atoms with Gasteiger partial charge in [-0.2, -0.15) is 0 Å². The molecule has 1 aromatic carbocycles. The van der Waals surface area contributed by atoms with Crippen molar-refractivity contribution in [1.29, 1.82) is 0 Å². The van der Waals surface area contributed by atoms with Crippen LogP contribution in [0.25, 0.3) is 0 Å². The fourth-order valence-electron chi connectivity index (χ4n) is 3.92. The zero-order valence-electron chi connectivity index (χ0n) is 14.9. The van der Waals surface area contributed by atoms with E-state index in [0.717, 1.165) is 51.0 Å². The topological polar surface area (TPSA) is 70.2 Å². The van der Waals surface area contributed by atoms with Crippen LogP contribution < -0.4 is 10.6 Å². The van der Waals surface area contributed by atoms with Crippen LogP contribution in [0.3, 0.4) is 0 Å². The molecule has 1 aromatic heterocycles. The highest BCUT2D eigenvalue weighted by molar-refractivity contribution is 5.96. The summed E-state index contributed by atoms with van der Waals surface area (Å²) in [7, 11) is 0. The first-order chi connectivity index (χ1) is 12.8. The minimum atomic E-state index is 0.168. The molecular formula is C20H25N5O. The number of anilines is 1. The normalized spacial score (nSPS) is 20.9. The first-order valence-corrected chi connectivity index (χ1v) is 9.44. The predicted octanol–water partition coefficient (Wildman–Crippen LogP) is 2.27. The van der Waals surface area contributed by atoms with E-state index < -0.39 is 0 Å². The molecule has 2 N–H and O–H groups in total. The third kappa shape index (κ3) is 3.70. The standard InChI is InChI=1S/C20H25N5O/c26-19(18-5-2-1-4-17(18)15-6-11-21-14-15)25-12-7-16(8-13-25)24-20-22-9-3-10-23-20/h1-5,9-10,15-16,21H,6-8,11-14H2,(H,22,23,24)/t15-/m0/s1. The molecule has 2 aliphatic heterocycles. The van der Waals surface area contributed by atoms with E-state index in [9.17, 15) is 4.79 Å². The van der Waals surface area contributed by atoms with Crippen LogP contribution in [-0.4, -0.2) is 53.0 Å². The Hall–Kier alpha value is -2.47. The quantitative estimate of drug-likeness (QED) is 0.884. The SMILES string of the molecule is O=C(c1ccccc1[C@H]1CCNC1)N1CCC(Nc2ncccn2)CC1. The van der Waals surface area contributed by atoms with E-state index in [1.165, 1.54) is 5.56 Å². The summed E-state index contributed by atoms with van der Waals surface area (Å²) in [6.45, 7) is 3.53. The summed E-state index contributed by atoms with van der Waals surface area (Å²) in [5.41, 5.74) is 2.07. The molecule has 26 heavy (non-hydrogen) atoms. The number of hydrogen-bond donors (Lipinski definition) is 2. The van der Waals surface area contributed by atoms with Crippen LogP contribution in [0.1, 0.15) is 41.1 Å². The van der Waals surface area contributed by atoms with Crippen LogP contribution in [0.4, 0.5) is 5.95 Å². The minimum absolute atomic E-state index is 0.168. The molecule has 2 fully saturated rings. The van der Waals surface area contributed by atoms with Crippen molar-refractivity contribution in [3.8, 4) is 0 Å². The molecule has 0 bridgehead atoms. The van der Waals surface area contributed by atoms with Gasteiger partial charge in [-0.25, -0.2) is 9.97 Å². The van der Waals surface area contributed by atoms with Gasteiger partial charge in [0.25, 0.3) is 5.91 Å². The highest BCUT2D eigenvalue weighted by atomic mass is 16.2. The molecule has 1 amide bonds. The fraction of sp³-hybridized carbons (Fsp3) is 0.450. The zero-order valence-corrected chi connectivity index (χ0v) is 14.9. The van der Waals surface area contributed by atoms with Crippen molar-refractivity contribution in [2.75, 3.05) is 31.5 Å². The van der Waals surface area contributed by atoms with Crippen LogP contribution in [0.2, 0.25) is 0 Å². The molecule has 0 radical (unpaired) electrons. The largest absolute Gasteiger partial charge is 0.351 e. The van der Waals surface area contributed by atoms with Gasteiger partial charge in [0.2, 0.25) is 5.95 Å². The Kier molecular flexibility index (Phi) is 5.11. The molecule has 136 valence electrons. The second kappa shape index (κ2) is 7.83. The summed E-state index contributed by atoms with van der Waals surface area (Å²) in [6.07, 6.45) is 6.41. The molecule has 3 heterocycles. The number of nitrogens with zero attached hydrogens (tertiary/aromatic N) is 3. The number of rotatable bonds is 4. The maximum Gasteiger partial charge on any atom is 0.254 e. The Morgan fingerprint density at radius 3 is 2.58 bits per heavy atom. The molecule has 6 heteroatoms. The average molecular weight is 351 g/mol. The summed E-state index contributed by atoms with van der Waals surface area (Å²) in [6, 6.07) is 10.2. The number of amides is 1. The lowest BCUT2D eigenvalue weighted by atomic mass is 9.92. The smallest absolute Gasteiger partial charge is 0.254 e. The molecule has 0 saturated carbocycles. The van der Waals surface area contributed by atoms with Crippen LogP contribution in [-0.2, 0) is 0 Å². The number of piperidine rings is 1. The predicted molar refractivity (Wildman–Crippen MR) is 101 cm³/mol. The minimum Gasteiger partial charge on any atom is -0.351 e. The van der Waals surface area contributed by atoms with Crippen LogP contribution in [0.5, 0.6) is 0 Å². The highest BCUT2D eigenvalue weighted by Crippen LogP contribution is 2.27. The van der Waals surface area contributed by atoms with Gasteiger partial charge in [-0.05, 0) is 49.4 Å². The van der Waals surface area contributed by atoms with Gasteiger partial charge in [0, 0.05) is 43.6 Å². The molecular weight excluding hydrogens is 326 g/mol. The van der Waals surface area contributed by atoms with Crippen LogP contribution in [0.15, 0.2) is 42.7 Å². The van der Waals surface area contributed by atoms with Gasteiger partial charge in [0.05, 0.1) is 0 Å². The number of nitrogens with one attached hydrogen (secondary N) is 2. The van der Waals surface area contributed by atoms with Crippen molar-refractivity contribution < 1.29 is 4.79 Å². The van der Waals surface area contributed by atoms with Crippen molar-refractivity contribution >= 4 is 11.9 Å². The van der Waals surface area contributed by atoms with Gasteiger partial charge < -0.3 is 15.5 Å². The van der Waals surface area contributed by atoms with Gasteiger partial charge in [-0.1, -0.05) is 18.2 Å². The maximum absolute atomic E-state index is 13.1. The number of carbonyl (C=O) groups is 1.